The molecule has 116 valence electrons. The highest BCUT2D eigenvalue weighted by molar-refractivity contribution is 5.77. The van der Waals surface area contributed by atoms with Crippen molar-refractivity contribution in [1.82, 2.24) is 15.1 Å². The Labute approximate surface area is 130 Å². The van der Waals surface area contributed by atoms with Crippen molar-refractivity contribution in [3.05, 3.63) is 53.9 Å². The van der Waals surface area contributed by atoms with Crippen molar-refractivity contribution in [2.45, 2.75) is 25.4 Å². The molecule has 5 nitrogen and oxygen atoms in total. The average Bonchev–Trinajstić information content (AvgIpc) is 3.10. The van der Waals surface area contributed by atoms with Crippen molar-refractivity contribution in [2.24, 2.45) is 0 Å². The molecule has 0 radical (unpaired) electrons. The maximum atomic E-state index is 12.3. The average molecular weight is 299 g/mol. The lowest BCUT2D eigenvalue weighted by Gasteiger charge is -2.32. The van der Waals surface area contributed by atoms with Gasteiger partial charge in [-0.25, -0.2) is 0 Å². The Morgan fingerprint density at radius 3 is 2.95 bits per heavy atom. The van der Waals surface area contributed by atoms with Crippen LogP contribution in [0, 0.1) is 0 Å². The molecule has 22 heavy (non-hydrogen) atoms. The van der Waals surface area contributed by atoms with Gasteiger partial charge in [-0.05, 0) is 24.5 Å². The molecule has 0 aliphatic carbocycles. The summed E-state index contributed by atoms with van der Waals surface area (Å²) in [6, 6.07) is 11.9. The zero-order chi connectivity index (χ0) is 15.2. The molecule has 2 aromatic rings. The first-order valence-corrected chi connectivity index (χ1v) is 7.71. The molecule has 0 spiro atoms. The van der Waals surface area contributed by atoms with Gasteiger partial charge in [0.15, 0.2) is 0 Å². The number of ether oxygens (including phenoxy) is 1. The summed E-state index contributed by atoms with van der Waals surface area (Å²) in [4.78, 5) is 14.2. The predicted molar refractivity (Wildman–Crippen MR) is 83.2 cm³/mol. The number of carbonyl (C=O) groups is 1. The smallest absolute Gasteiger partial charge is 0.248 e. The third-order valence-electron chi connectivity index (χ3n) is 4.07. The number of nitrogens with zero attached hydrogens (tertiary/aromatic N) is 2. The molecule has 1 amide bonds. The molecular weight excluding hydrogens is 278 g/mol. The van der Waals surface area contributed by atoms with Crippen LogP contribution in [0.5, 0.6) is 0 Å². The quantitative estimate of drug-likeness (QED) is 0.922. The molecule has 1 unspecified atom stereocenters. The van der Waals surface area contributed by atoms with Crippen LogP contribution in [0.2, 0.25) is 0 Å². The number of H-pyrrole nitrogens is 1. The van der Waals surface area contributed by atoms with Gasteiger partial charge in [-0.15, -0.1) is 0 Å². The largest absolute Gasteiger partial charge is 0.367 e. The summed E-state index contributed by atoms with van der Waals surface area (Å²) in [6.45, 7) is 2.18. The lowest BCUT2D eigenvalue weighted by molar-refractivity contribution is -0.137. The van der Waals surface area contributed by atoms with Crippen LogP contribution in [0.15, 0.2) is 42.6 Å². The van der Waals surface area contributed by atoms with Gasteiger partial charge in [-0.1, -0.05) is 30.3 Å². The number of piperidine rings is 1. The van der Waals surface area contributed by atoms with E-state index < -0.39 is 0 Å². The first-order valence-electron chi connectivity index (χ1n) is 7.71. The van der Waals surface area contributed by atoms with E-state index in [-0.39, 0.29) is 12.5 Å². The van der Waals surface area contributed by atoms with Crippen molar-refractivity contribution in [3.8, 4) is 0 Å². The summed E-state index contributed by atoms with van der Waals surface area (Å²) in [5.74, 6) is 0.425. The summed E-state index contributed by atoms with van der Waals surface area (Å²) >= 11 is 0. The van der Waals surface area contributed by atoms with E-state index in [0.29, 0.717) is 12.5 Å². The highest BCUT2D eigenvalue weighted by atomic mass is 16.5. The molecule has 5 heteroatoms. The Balaban J connectivity index is 1.47. The minimum Gasteiger partial charge on any atom is -0.367 e. The van der Waals surface area contributed by atoms with Gasteiger partial charge in [0.05, 0.1) is 6.61 Å². The summed E-state index contributed by atoms with van der Waals surface area (Å²) < 4.78 is 5.55. The monoisotopic (exact) mass is 299 g/mol. The van der Waals surface area contributed by atoms with Crippen LogP contribution in [-0.4, -0.2) is 40.7 Å². The second kappa shape index (κ2) is 7.22. The van der Waals surface area contributed by atoms with Gasteiger partial charge in [0.1, 0.15) is 6.61 Å². The molecule has 1 saturated heterocycles. The first kappa shape index (κ1) is 14.8. The molecule has 1 aliphatic heterocycles. The van der Waals surface area contributed by atoms with Crippen LogP contribution in [-0.2, 0) is 16.1 Å². The van der Waals surface area contributed by atoms with Gasteiger partial charge in [-0.2, -0.15) is 5.10 Å². The van der Waals surface area contributed by atoms with Gasteiger partial charge in [0, 0.05) is 30.9 Å². The Morgan fingerprint density at radius 1 is 1.32 bits per heavy atom. The molecule has 1 atom stereocenters. The summed E-state index contributed by atoms with van der Waals surface area (Å²) in [5, 5.41) is 7.01. The van der Waals surface area contributed by atoms with Crippen LogP contribution in [0.25, 0.3) is 0 Å². The fourth-order valence-corrected chi connectivity index (χ4v) is 2.87. The topological polar surface area (TPSA) is 58.2 Å². The molecule has 3 rings (SSSR count). The maximum absolute atomic E-state index is 12.3. The maximum Gasteiger partial charge on any atom is 0.248 e. The third kappa shape index (κ3) is 3.74. The molecule has 1 aromatic heterocycles. The fraction of sp³-hybridized carbons (Fsp3) is 0.412. The zero-order valence-electron chi connectivity index (χ0n) is 12.6. The standard InChI is InChI=1S/C17H21N3O2/c21-17(13-22-12-14-5-2-1-3-6-14)20-10-4-7-15(11-20)16-8-9-18-19-16/h1-3,5-6,8-9,15H,4,7,10-13H2,(H,18,19). The van der Waals surface area contributed by atoms with Crippen molar-refractivity contribution >= 4 is 5.91 Å². The van der Waals surface area contributed by atoms with E-state index >= 15 is 0 Å². The molecular formula is C17H21N3O2. The summed E-state index contributed by atoms with van der Waals surface area (Å²) in [6.07, 6.45) is 3.88. The lowest BCUT2D eigenvalue weighted by atomic mass is 9.95. The van der Waals surface area contributed by atoms with E-state index in [1.807, 2.05) is 41.3 Å². The number of carbonyl (C=O) groups excluding carboxylic acids is 1. The highest BCUT2D eigenvalue weighted by Crippen LogP contribution is 2.25. The summed E-state index contributed by atoms with van der Waals surface area (Å²) in [5.41, 5.74) is 2.20. The number of likely N-dealkylation sites (tertiary alicyclic amines) is 1. The number of benzene rings is 1. The Bertz CT molecular complexity index is 583. The number of aromatic nitrogens is 2. The molecule has 1 aliphatic rings. The Kier molecular flexibility index (Phi) is 4.85. The number of hydrogen-bond donors (Lipinski definition) is 1. The fourth-order valence-electron chi connectivity index (χ4n) is 2.87. The van der Waals surface area contributed by atoms with E-state index in [4.69, 9.17) is 4.74 Å². The minimum atomic E-state index is 0.0696. The van der Waals surface area contributed by atoms with E-state index in [9.17, 15) is 4.79 Å². The van der Waals surface area contributed by atoms with Crippen molar-refractivity contribution in [3.63, 3.8) is 0 Å². The number of amides is 1. The van der Waals surface area contributed by atoms with Gasteiger partial charge in [-0.3, -0.25) is 9.89 Å². The van der Waals surface area contributed by atoms with Crippen molar-refractivity contribution < 1.29 is 9.53 Å². The Morgan fingerprint density at radius 2 is 2.18 bits per heavy atom. The van der Waals surface area contributed by atoms with E-state index in [2.05, 4.69) is 10.2 Å². The first-order chi connectivity index (χ1) is 10.8. The number of hydrogen-bond acceptors (Lipinski definition) is 3. The highest BCUT2D eigenvalue weighted by Gasteiger charge is 2.25. The van der Waals surface area contributed by atoms with Gasteiger partial charge < -0.3 is 9.64 Å². The van der Waals surface area contributed by atoms with Crippen LogP contribution in [0.3, 0.4) is 0 Å². The SMILES string of the molecule is O=C(COCc1ccccc1)N1CCCC(c2ccn[nH]2)C1. The van der Waals surface area contributed by atoms with Crippen LogP contribution >= 0.6 is 0 Å². The van der Waals surface area contributed by atoms with Crippen LogP contribution < -0.4 is 0 Å². The van der Waals surface area contributed by atoms with Crippen molar-refractivity contribution in [2.75, 3.05) is 19.7 Å². The van der Waals surface area contributed by atoms with E-state index in [1.54, 1.807) is 6.20 Å². The molecule has 1 N–H and O–H groups in total. The molecule has 0 saturated carbocycles. The van der Waals surface area contributed by atoms with Gasteiger partial charge in [0.2, 0.25) is 5.91 Å². The van der Waals surface area contributed by atoms with Crippen LogP contribution in [0.1, 0.15) is 30.0 Å². The van der Waals surface area contributed by atoms with E-state index in [0.717, 1.165) is 37.2 Å². The van der Waals surface area contributed by atoms with E-state index in [1.165, 1.54) is 0 Å². The lowest BCUT2D eigenvalue weighted by Crippen LogP contribution is -2.41. The normalized spacial score (nSPS) is 18.4. The number of aromatic amines is 1. The minimum absolute atomic E-state index is 0.0696. The third-order valence-corrected chi connectivity index (χ3v) is 4.07. The zero-order valence-corrected chi connectivity index (χ0v) is 12.6. The summed E-state index contributed by atoms with van der Waals surface area (Å²) in [7, 11) is 0. The Hall–Kier alpha value is -2.14. The van der Waals surface area contributed by atoms with Gasteiger partial charge in [0.25, 0.3) is 0 Å². The second-order valence-electron chi connectivity index (χ2n) is 5.67. The number of nitrogens with one attached hydrogen (secondary N) is 1. The van der Waals surface area contributed by atoms with Crippen molar-refractivity contribution in [1.29, 1.82) is 0 Å². The van der Waals surface area contributed by atoms with Gasteiger partial charge >= 0.3 is 0 Å². The second-order valence-corrected chi connectivity index (χ2v) is 5.67. The molecule has 2 heterocycles. The number of rotatable bonds is 5. The predicted octanol–water partition coefficient (Wildman–Crippen LogP) is 2.33. The molecule has 0 bridgehead atoms. The molecule has 1 fully saturated rings. The molecule has 1 aromatic carbocycles. The van der Waals surface area contributed by atoms with Crippen LogP contribution in [0.4, 0.5) is 0 Å².